The van der Waals surface area contributed by atoms with E-state index in [0.717, 1.165) is 41.1 Å². The van der Waals surface area contributed by atoms with Crippen LogP contribution >= 0.6 is 0 Å². The standard InChI is InChI=1S/C15H20N2O2/c1-10-11(5-6-16-2)7-12-8-13(18-3)9-14(19-4)15(12)17-10/h7-9,16H,5-6H2,1-4H3. The van der Waals surface area contributed by atoms with E-state index >= 15 is 0 Å². The molecule has 4 heteroatoms. The topological polar surface area (TPSA) is 43.4 Å². The Balaban J connectivity index is 2.56. The summed E-state index contributed by atoms with van der Waals surface area (Å²) in [5, 5.41) is 4.21. The Labute approximate surface area is 113 Å². The van der Waals surface area contributed by atoms with Crippen molar-refractivity contribution in [3.05, 3.63) is 29.5 Å². The molecule has 0 radical (unpaired) electrons. The van der Waals surface area contributed by atoms with Crippen LogP contribution in [-0.2, 0) is 6.42 Å². The fourth-order valence-electron chi connectivity index (χ4n) is 2.15. The molecule has 1 heterocycles. The molecular weight excluding hydrogens is 240 g/mol. The second-order valence-corrected chi connectivity index (χ2v) is 4.49. The zero-order valence-corrected chi connectivity index (χ0v) is 11.9. The van der Waals surface area contributed by atoms with Crippen molar-refractivity contribution in [3.8, 4) is 11.5 Å². The van der Waals surface area contributed by atoms with Crippen LogP contribution in [0.3, 0.4) is 0 Å². The van der Waals surface area contributed by atoms with E-state index in [2.05, 4.69) is 16.4 Å². The predicted octanol–water partition coefficient (Wildman–Crippen LogP) is 2.32. The number of nitrogens with zero attached hydrogens (tertiary/aromatic N) is 1. The molecule has 4 nitrogen and oxygen atoms in total. The zero-order chi connectivity index (χ0) is 13.8. The van der Waals surface area contributed by atoms with Crippen LogP contribution in [0.2, 0.25) is 0 Å². The molecule has 0 amide bonds. The van der Waals surface area contributed by atoms with Crippen molar-refractivity contribution >= 4 is 10.9 Å². The van der Waals surface area contributed by atoms with E-state index in [4.69, 9.17) is 9.47 Å². The third kappa shape index (κ3) is 2.79. The molecule has 1 aromatic carbocycles. The smallest absolute Gasteiger partial charge is 0.148 e. The minimum Gasteiger partial charge on any atom is -0.497 e. The summed E-state index contributed by atoms with van der Waals surface area (Å²) in [6.45, 7) is 2.98. The van der Waals surface area contributed by atoms with Gasteiger partial charge in [-0.05, 0) is 44.6 Å². The number of benzene rings is 1. The summed E-state index contributed by atoms with van der Waals surface area (Å²) < 4.78 is 10.7. The van der Waals surface area contributed by atoms with Gasteiger partial charge in [-0.2, -0.15) is 0 Å². The summed E-state index contributed by atoms with van der Waals surface area (Å²) in [5.41, 5.74) is 3.18. The molecule has 0 aliphatic rings. The lowest BCUT2D eigenvalue weighted by Gasteiger charge is -2.11. The number of likely N-dealkylation sites (N-methyl/N-ethyl adjacent to an activating group) is 1. The van der Waals surface area contributed by atoms with Gasteiger partial charge < -0.3 is 14.8 Å². The SMILES string of the molecule is CNCCc1cc2cc(OC)cc(OC)c2nc1C. The van der Waals surface area contributed by atoms with E-state index in [1.807, 2.05) is 26.1 Å². The van der Waals surface area contributed by atoms with Gasteiger partial charge in [-0.25, -0.2) is 4.98 Å². The van der Waals surface area contributed by atoms with Gasteiger partial charge in [0.25, 0.3) is 0 Å². The maximum atomic E-state index is 5.39. The molecule has 1 N–H and O–H groups in total. The number of rotatable bonds is 5. The van der Waals surface area contributed by atoms with Crippen molar-refractivity contribution in [1.82, 2.24) is 10.3 Å². The van der Waals surface area contributed by atoms with Crippen LogP contribution in [0.4, 0.5) is 0 Å². The lowest BCUT2D eigenvalue weighted by Crippen LogP contribution is -2.11. The summed E-state index contributed by atoms with van der Waals surface area (Å²) in [4.78, 5) is 4.67. The quantitative estimate of drug-likeness (QED) is 0.896. The van der Waals surface area contributed by atoms with E-state index < -0.39 is 0 Å². The van der Waals surface area contributed by atoms with Crippen LogP contribution in [0, 0.1) is 6.92 Å². The van der Waals surface area contributed by atoms with Crippen LogP contribution in [0.1, 0.15) is 11.3 Å². The Hall–Kier alpha value is -1.81. The monoisotopic (exact) mass is 260 g/mol. The Morgan fingerprint density at radius 2 is 1.95 bits per heavy atom. The van der Waals surface area contributed by atoms with E-state index in [9.17, 15) is 0 Å². The average Bonchev–Trinajstić information content (AvgIpc) is 2.44. The summed E-state index contributed by atoms with van der Waals surface area (Å²) in [5.74, 6) is 1.53. The number of hydrogen-bond acceptors (Lipinski definition) is 4. The first-order chi connectivity index (χ1) is 9.19. The third-order valence-electron chi connectivity index (χ3n) is 3.25. The van der Waals surface area contributed by atoms with Gasteiger partial charge in [-0.1, -0.05) is 0 Å². The van der Waals surface area contributed by atoms with Crippen LogP contribution < -0.4 is 14.8 Å². The molecule has 0 saturated carbocycles. The molecule has 0 atom stereocenters. The lowest BCUT2D eigenvalue weighted by atomic mass is 10.1. The van der Waals surface area contributed by atoms with Gasteiger partial charge in [-0.3, -0.25) is 0 Å². The Kier molecular flexibility index (Phi) is 4.22. The van der Waals surface area contributed by atoms with Gasteiger partial charge in [0, 0.05) is 17.1 Å². The highest BCUT2D eigenvalue weighted by molar-refractivity contribution is 5.87. The molecular formula is C15H20N2O2. The van der Waals surface area contributed by atoms with Crippen LogP contribution in [-0.4, -0.2) is 32.8 Å². The number of methoxy groups -OCH3 is 2. The molecule has 0 fully saturated rings. The van der Waals surface area contributed by atoms with Gasteiger partial charge >= 0.3 is 0 Å². The van der Waals surface area contributed by atoms with Gasteiger partial charge in [-0.15, -0.1) is 0 Å². The fraction of sp³-hybridized carbons (Fsp3) is 0.400. The maximum absolute atomic E-state index is 5.39. The minimum atomic E-state index is 0.748. The van der Waals surface area contributed by atoms with E-state index in [-0.39, 0.29) is 0 Å². The number of pyridine rings is 1. The van der Waals surface area contributed by atoms with Gasteiger partial charge in [0.15, 0.2) is 0 Å². The Morgan fingerprint density at radius 1 is 1.16 bits per heavy atom. The van der Waals surface area contributed by atoms with E-state index in [0.29, 0.717) is 0 Å². The second-order valence-electron chi connectivity index (χ2n) is 4.49. The first kappa shape index (κ1) is 13.6. The highest BCUT2D eigenvalue weighted by atomic mass is 16.5. The summed E-state index contributed by atoms with van der Waals surface area (Å²) in [6.07, 6.45) is 0.963. The van der Waals surface area contributed by atoms with Crippen LogP contribution in [0.5, 0.6) is 11.5 Å². The molecule has 0 unspecified atom stereocenters. The van der Waals surface area contributed by atoms with Crippen molar-refractivity contribution in [2.24, 2.45) is 0 Å². The maximum Gasteiger partial charge on any atom is 0.148 e. The summed E-state index contributed by atoms with van der Waals surface area (Å²) in [7, 11) is 5.26. The summed E-state index contributed by atoms with van der Waals surface area (Å²) >= 11 is 0. The van der Waals surface area contributed by atoms with E-state index in [1.54, 1.807) is 14.2 Å². The Morgan fingerprint density at radius 3 is 2.58 bits per heavy atom. The molecule has 0 spiro atoms. The van der Waals surface area contributed by atoms with Gasteiger partial charge in [0.1, 0.15) is 17.0 Å². The van der Waals surface area contributed by atoms with Crippen molar-refractivity contribution in [1.29, 1.82) is 0 Å². The van der Waals surface area contributed by atoms with E-state index in [1.165, 1.54) is 5.56 Å². The van der Waals surface area contributed by atoms with Crippen molar-refractivity contribution in [3.63, 3.8) is 0 Å². The fourth-order valence-corrected chi connectivity index (χ4v) is 2.15. The largest absolute Gasteiger partial charge is 0.497 e. The number of aromatic nitrogens is 1. The molecule has 19 heavy (non-hydrogen) atoms. The predicted molar refractivity (Wildman–Crippen MR) is 77.2 cm³/mol. The highest BCUT2D eigenvalue weighted by Gasteiger charge is 2.09. The lowest BCUT2D eigenvalue weighted by molar-refractivity contribution is 0.397. The molecule has 102 valence electrons. The first-order valence-electron chi connectivity index (χ1n) is 6.36. The number of hydrogen-bond donors (Lipinski definition) is 1. The number of aryl methyl sites for hydroxylation is 1. The normalized spacial score (nSPS) is 10.7. The molecule has 0 aliphatic carbocycles. The van der Waals surface area contributed by atoms with Crippen LogP contribution in [0.25, 0.3) is 10.9 Å². The van der Waals surface area contributed by atoms with Crippen LogP contribution in [0.15, 0.2) is 18.2 Å². The number of nitrogens with one attached hydrogen (secondary N) is 1. The second kappa shape index (κ2) is 5.89. The Bertz CT molecular complexity index is 582. The first-order valence-corrected chi connectivity index (χ1v) is 6.36. The average molecular weight is 260 g/mol. The molecule has 0 saturated heterocycles. The van der Waals surface area contributed by atoms with Crippen molar-refractivity contribution in [2.45, 2.75) is 13.3 Å². The highest BCUT2D eigenvalue weighted by Crippen LogP contribution is 2.31. The molecule has 1 aromatic heterocycles. The third-order valence-corrected chi connectivity index (χ3v) is 3.25. The van der Waals surface area contributed by atoms with Crippen molar-refractivity contribution < 1.29 is 9.47 Å². The summed E-state index contributed by atoms with van der Waals surface area (Å²) in [6, 6.07) is 6.02. The molecule has 2 aromatic rings. The zero-order valence-electron chi connectivity index (χ0n) is 11.9. The molecule has 0 bridgehead atoms. The van der Waals surface area contributed by atoms with Crippen molar-refractivity contribution in [2.75, 3.05) is 27.8 Å². The van der Waals surface area contributed by atoms with Gasteiger partial charge in [0.05, 0.1) is 14.2 Å². The number of fused-ring (bicyclic) bond motifs is 1. The van der Waals surface area contributed by atoms with Gasteiger partial charge in [0.2, 0.25) is 0 Å². The molecule has 2 rings (SSSR count). The molecule has 0 aliphatic heterocycles. The number of ether oxygens (including phenoxy) is 2. The minimum absolute atomic E-state index is 0.748.